The number of benzene rings is 10. The molecule has 2 atom stereocenters. The average molecular weight is 779 g/mol. The van der Waals surface area contributed by atoms with Gasteiger partial charge in [-0.05, 0) is 127 Å². The Morgan fingerprint density at radius 1 is 0.443 bits per heavy atom. The molecule has 10 aromatic carbocycles. The smallest absolute Gasteiger partial charge is 0.0546 e. The standard InChI is InChI=1S/C59H42N2/c1-39-47(34-35-57-59(39)54-28-13-14-29-56(54)61(57)44-19-3-2-4-20-44)40-30-32-45(33-31-40)60(58-38-43-17-6-8-23-49(43)51-25-11-12-27-53(51)58)46-21-15-18-41(36-46)55-37-42-16-5-7-22-48(42)50-24-9-10-26-52(50)55/h2-39,47H,1H3. The normalized spacial score (nSPS) is 14.9. The summed E-state index contributed by atoms with van der Waals surface area (Å²) in [6.07, 6.45) is 4.78. The number of aromatic nitrogens is 1. The van der Waals surface area contributed by atoms with Crippen molar-refractivity contribution in [2.75, 3.05) is 4.90 Å². The lowest BCUT2D eigenvalue weighted by Crippen LogP contribution is -2.13. The maximum Gasteiger partial charge on any atom is 0.0546 e. The summed E-state index contributed by atoms with van der Waals surface area (Å²) in [5.74, 6) is 0.519. The Bertz CT molecular complexity index is 3500. The van der Waals surface area contributed by atoms with Crippen LogP contribution in [0, 0.1) is 0 Å². The minimum absolute atomic E-state index is 0.232. The first kappa shape index (κ1) is 35.3. The molecule has 0 aliphatic heterocycles. The molecule has 1 aliphatic rings. The fraction of sp³-hybridized carbons (Fsp3) is 0.0508. The number of hydrogen-bond acceptors (Lipinski definition) is 1. The van der Waals surface area contributed by atoms with E-state index in [1.54, 1.807) is 0 Å². The quantitative estimate of drug-likeness (QED) is 0.153. The molecule has 0 radical (unpaired) electrons. The van der Waals surface area contributed by atoms with Crippen molar-refractivity contribution >= 4 is 77.1 Å². The van der Waals surface area contributed by atoms with Gasteiger partial charge in [0.05, 0.1) is 16.9 Å². The van der Waals surface area contributed by atoms with E-state index in [2.05, 4.69) is 241 Å². The highest BCUT2D eigenvalue weighted by Gasteiger charge is 2.30. The van der Waals surface area contributed by atoms with Crippen molar-refractivity contribution in [3.63, 3.8) is 0 Å². The fourth-order valence-corrected chi connectivity index (χ4v) is 10.3. The van der Waals surface area contributed by atoms with E-state index in [0.29, 0.717) is 0 Å². The molecule has 0 saturated carbocycles. The van der Waals surface area contributed by atoms with Crippen molar-refractivity contribution in [1.82, 2.24) is 4.57 Å². The minimum Gasteiger partial charge on any atom is -0.310 e. The molecule has 1 aromatic heterocycles. The average Bonchev–Trinajstić information content (AvgIpc) is 3.67. The maximum absolute atomic E-state index is 2.47. The molecule has 2 unspecified atom stereocenters. The summed E-state index contributed by atoms with van der Waals surface area (Å²) < 4.78 is 2.43. The van der Waals surface area contributed by atoms with E-state index < -0.39 is 0 Å². The van der Waals surface area contributed by atoms with Gasteiger partial charge in [-0.2, -0.15) is 0 Å². The molecule has 1 aliphatic carbocycles. The molecule has 0 saturated heterocycles. The van der Waals surface area contributed by atoms with Crippen LogP contribution in [0.3, 0.4) is 0 Å². The van der Waals surface area contributed by atoms with Crippen LogP contribution in [0.15, 0.2) is 218 Å². The predicted octanol–water partition coefficient (Wildman–Crippen LogP) is 16.3. The molecule has 288 valence electrons. The van der Waals surface area contributed by atoms with E-state index in [4.69, 9.17) is 0 Å². The zero-order chi connectivity index (χ0) is 40.4. The number of fused-ring (bicyclic) bond motifs is 9. The van der Waals surface area contributed by atoms with E-state index in [1.807, 2.05) is 0 Å². The van der Waals surface area contributed by atoms with E-state index in [-0.39, 0.29) is 11.8 Å². The van der Waals surface area contributed by atoms with E-state index in [0.717, 1.165) is 17.1 Å². The second kappa shape index (κ2) is 14.3. The molecule has 1 heterocycles. The Balaban J connectivity index is 1.01. The Hall–Kier alpha value is -7.68. The van der Waals surface area contributed by atoms with Crippen LogP contribution in [0.4, 0.5) is 17.1 Å². The van der Waals surface area contributed by atoms with Crippen LogP contribution in [0.25, 0.3) is 76.9 Å². The van der Waals surface area contributed by atoms with Gasteiger partial charge >= 0.3 is 0 Å². The van der Waals surface area contributed by atoms with Gasteiger partial charge in [-0.15, -0.1) is 0 Å². The molecule has 0 bridgehead atoms. The van der Waals surface area contributed by atoms with Gasteiger partial charge in [-0.1, -0.05) is 171 Å². The van der Waals surface area contributed by atoms with Gasteiger partial charge in [-0.3, -0.25) is 0 Å². The Morgan fingerprint density at radius 2 is 1.03 bits per heavy atom. The topological polar surface area (TPSA) is 8.17 Å². The molecular weight excluding hydrogens is 737 g/mol. The zero-order valence-electron chi connectivity index (χ0n) is 33.9. The van der Waals surface area contributed by atoms with Gasteiger partial charge in [0, 0.05) is 33.8 Å². The fourth-order valence-electron chi connectivity index (χ4n) is 10.3. The largest absolute Gasteiger partial charge is 0.310 e. The third kappa shape index (κ3) is 5.71. The number of nitrogens with zero attached hydrogens (tertiary/aromatic N) is 2. The molecule has 2 nitrogen and oxygen atoms in total. The van der Waals surface area contributed by atoms with Crippen LogP contribution in [-0.2, 0) is 0 Å². The lowest BCUT2D eigenvalue weighted by Gasteiger charge is -2.30. The lowest BCUT2D eigenvalue weighted by atomic mass is 9.78. The monoisotopic (exact) mass is 778 g/mol. The van der Waals surface area contributed by atoms with E-state index >= 15 is 0 Å². The van der Waals surface area contributed by atoms with Crippen molar-refractivity contribution in [3.8, 4) is 16.8 Å². The summed E-state index contributed by atoms with van der Waals surface area (Å²) in [5, 5.41) is 11.3. The van der Waals surface area contributed by atoms with E-state index in [9.17, 15) is 0 Å². The molecule has 0 fully saturated rings. The summed E-state index contributed by atoms with van der Waals surface area (Å²) in [6, 6.07) is 78.1. The highest BCUT2D eigenvalue weighted by Crippen LogP contribution is 2.48. The van der Waals surface area contributed by atoms with Crippen LogP contribution < -0.4 is 4.90 Å². The molecule has 2 heteroatoms. The third-order valence-corrected chi connectivity index (χ3v) is 13.1. The van der Waals surface area contributed by atoms with Crippen molar-refractivity contribution < 1.29 is 0 Å². The molecule has 11 aromatic rings. The zero-order valence-corrected chi connectivity index (χ0v) is 33.9. The van der Waals surface area contributed by atoms with Crippen molar-refractivity contribution in [2.24, 2.45) is 0 Å². The van der Waals surface area contributed by atoms with Crippen molar-refractivity contribution in [1.29, 1.82) is 0 Å². The molecule has 0 spiro atoms. The summed E-state index contributed by atoms with van der Waals surface area (Å²) in [6.45, 7) is 2.40. The summed E-state index contributed by atoms with van der Waals surface area (Å²) >= 11 is 0. The van der Waals surface area contributed by atoms with Crippen LogP contribution in [0.1, 0.15) is 35.6 Å². The minimum atomic E-state index is 0.232. The Morgan fingerprint density at radius 3 is 1.77 bits per heavy atom. The summed E-state index contributed by atoms with van der Waals surface area (Å²) in [4.78, 5) is 2.47. The number of allylic oxidation sites excluding steroid dienone is 1. The first-order valence-corrected chi connectivity index (χ1v) is 21.4. The van der Waals surface area contributed by atoms with Gasteiger partial charge in [0.1, 0.15) is 0 Å². The Labute approximate surface area is 355 Å². The Kier molecular flexibility index (Phi) is 8.24. The van der Waals surface area contributed by atoms with Crippen LogP contribution in [-0.4, -0.2) is 4.57 Å². The highest BCUT2D eigenvalue weighted by molar-refractivity contribution is 6.16. The molecule has 12 rings (SSSR count). The van der Waals surface area contributed by atoms with Gasteiger partial charge < -0.3 is 9.47 Å². The first-order valence-electron chi connectivity index (χ1n) is 21.4. The van der Waals surface area contributed by atoms with Gasteiger partial charge in [0.15, 0.2) is 0 Å². The van der Waals surface area contributed by atoms with Gasteiger partial charge in [0.25, 0.3) is 0 Å². The summed E-state index contributed by atoms with van der Waals surface area (Å²) in [5.41, 5.74) is 12.3. The van der Waals surface area contributed by atoms with Crippen LogP contribution >= 0.6 is 0 Å². The third-order valence-electron chi connectivity index (χ3n) is 13.1. The van der Waals surface area contributed by atoms with Crippen LogP contribution in [0.5, 0.6) is 0 Å². The molecule has 0 amide bonds. The molecular formula is C59H42N2. The number of para-hydroxylation sites is 2. The first-order chi connectivity index (χ1) is 30.2. The number of anilines is 3. The maximum atomic E-state index is 2.47. The van der Waals surface area contributed by atoms with E-state index in [1.165, 1.54) is 87.6 Å². The highest BCUT2D eigenvalue weighted by atomic mass is 15.1. The lowest BCUT2D eigenvalue weighted by molar-refractivity contribution is 0.671. The van der Waals surface area contributed by atoms with Gasteiger partial charge in [-0.25, -0.2) is 0 Å². The SMILES string of the molecule is CC1c2c(n(-c3ccccc3)c3ccccc23)C=CC1c1ccc(N(c2cccc(-c3cc4ccccc4c4ccccc34)c2)c2cc3ccccc3c3ccccc23)cc1. The predicted molar refractivity (Wildman–Crippen MR) is 260 cm³/mol. The van der Waals surface area contributed by atoms with Gasteiger partial charge in [0.2, 0.25) is 0 Å². The second-order valence-electron chi connectivity index (χ2n) is 16.5. The number of hydrogen-bond donors (Lipinski definition) is 0. The molecule has 61 heavy (non-hydrogen) atoms. The van der Waals surface area contributed by atoms with Crippen LogP contribution in [0.2, 0.25) is 0 Å². The molecule has 0 N–H and O–H groups in total. The summed E-state index contributed by atoms with van der Waals surface area (Å²) in [7, 11) is 0. The van der Waals surface area contributed by atoms with Crippen molar-refractivity contribution in [3.05, 3.63) is 235 Å². The second-order valence-corrected chi connectivity index (χ2v) is 16.5. The number of rotatable bonds is 6. The van der Waals surface area contributed by atoms with Crippen molar-refractivity contribution in [2.45, 2.75) is 18.8 Å².